The van der Waals surface area contributed by atoms with Crippen molar-refractivity contribution in [3.63, 3.8) is 0 Å². The molecule has 1 unspecified atom stereocenters. The number of carbonyl (C=O) groups is 2. The molecule has 1 atom stereocenters. The van der Waals surface area contributed by atoms with Crippen LogP contribution in [-0.4, -0.2) is 43.8 Å². The summed E-state index contributed by atoms with van der Waals surface area (Å²) in [6.45, 7) is 4.82. The van der Waals surface area contributed by atoms with Crippen LogP contribution in [0.4, 0.5) is 11.4 Å². The van der Waals surface area contributed by atoms with Crippen molar-refractivity contribution in [3.05, 3.63) is 82.4 Å². The van der Waals surface area contributed by atoms with Gasteiger partial charge in [-0.3, -0.25) is 9.59 Å². The summed E-state index contributed by atoms with van der Waals surface area (Å²) in [4.78, 5) is 29.2. The zero-order valence-corrected chi connectivity index (χ0v) is 25.4. The number of ether oxygens (including phenoxy) is 2. The van der Waals surface area contributed by atoms with E-state index in [4.69, 9.17) is 21.1 Å². The van der Waals surface area contributed by atoms with Gasteiger partial charge < -0.3 is 24.4 Å². The molecule has 3 aromatic rings. The number of nitrogens with zero attached hydrogens (tertiary/aromatic N) is 2. The van der Waals surface area contributed by atoms with Crippen LogP contribution in [0.15, 0.2) is 60.7 Å². The van der Waals surface area contributed by atoms with E-state index in [9.17, 15) is 14.7 Å². The monoisotopic (exact) mass is 590 g/mol. The molecule has 1 aliphatic carbocycles. The van der Waals surface area contributed by atoms with Gasteiger partial charge in [0.05, 0.1) is 31.6 Å². The number of halogens is 1. The van der Waals surface area contributed by atoms with Gasteiger partial charge in [0.25, 0.3) is 0 Å². The lowest BCUT2D eigenvalue weighted by molar-refractivity contribution is -0.143. The number of carboxylic acid groups (broad SMARTS) is 1. The molecule has 1 fully saturated rings. The zero-order valence-electron chi connectivity index (χ0n) is 24.7. The fourth-order valence-electron chi connectivity index (χ4n) is 6.28. The molecule has 0 saturated heterocycles. The lowest BCUT2D eigenvalue weighted by atomic mass is 9.82. The van der Waals surface area contributed by atoms with E-state index >= 15 is 0 Å². The number of carbonyl (C=O) groups excluding carboxylic acids is 1. The number of hydrogen-bond acceptors (Lipinski definition) is 5. The second-order valence-corrected chi connectivity index (χ2v) is 12.2. The average molecular weight is 591 g/mol. The molecule has 8 heteroatoms. The number of amides is 1. The first-order valence-corrected chi connectivity index (χ1v) is 15.0. The predicted molar refractivity (Wildman–Crippen MR) is 166 cm³/mol. The van der Waals surface area contributed by atoms with Crippen LogP contribution in [0.25, 0.3) is 0 Å². The highest BCUT2D eigenvalue weighted by atomic mass is 35.5. The summed E-state index contributed by atoms with van der Waals surface area (Å²) < 4.78 is 11.7. The molecule has 2 aliphatic rings. The van der Waals surface area contributed by atoms with E-state index < -0.39 is 5.97 Å². The SMILES string of the molecule is COc1cc2c(cc1OC(C)C)C(c1ccc(Cl)cc1)N(c1ccc(N(C)CC3CCC(C(=O)O)CC3)cc1)C(=O)C2. The van der Waals surface area contributed by atoms with Crippen LogP contribution in [-0.2, 0) is 16.0 Å². The Bertz CT molecular complexity index is 1420. The Hall–Kier alpha value is -3.71. The maximum absolute atomic E-state index is 13.8. The number of fused-ring (bicyclic) bond motifs is 1. The molecule has 1 amide bonds. The topological polar surface area (TPSA) is 79.3 Å². The fraction of sp³-hybridized carbons (Fsp3) is 0.412. The number of benzene rings is 3. The second-order valence-electron chi connectivity index (χ2n) is 11.7. The lowest BCUT2D eigenvalue weighted by Gasteiger charge is -2.38. The maximum Gasteiger partial charge on any atom is 0.306 e. The quantitative estimate of drug-likeness (QED) is 0.285. The maximum atomic E-state index is 13.8. The van der Waals surface area contributed by atoms with Gasteiger partial charge in [0.2, 0.25) is 5.91 Å². The summed E-state index contributed by atoms with van der Waals surface area (Å²) in [5, 5.41) is 9.94. The van der Waals surface area contributed by atoms with Gasteiger partial charge in [0.1, 0.15) is 0 Å². The van der Waals surface area contributed by atoms with Crippen molar-refractivity contribution in [2.24, 2.45) is 11.8 Å². The molecule has 42 heavy (non-hydrogen) atoms. The number of rotatable bonds is 9. The van der Waals surface area contributed by atoms with Crippen molar-refractivity contribution < 1.29 is 24.2 Å². The van der Waals surface area contributed by atoms with Crippen LogP contribution in [0.2, 0.25) is 5.02 Å². The van der Waals surface area contributed by atoms with Crippen molar-refractivity contribution in [2.75, 3.05) is 30.5 Å². The molecule has 222 valence electrons. The van der Waals surface area contributed by atoms with Crippen LogP contribution in [0.5, 0.6) is 11.5 Å². The fourth-order valence-corrected chi connectivity index (χ4v) is 6.41. The standard InChI is InChI=1S/C34H39ClN2O5/c1-21(2)42-31-19-29-25(17-30(31)41-4)18-32(38)37(33(29)23-9-11-26(35)12-10-23)28-15-13-27(14-16-28)36(3)20-22-5-7-24(8-6-22)34(39)40/h9-17,19,21-22,24,33H,5-8,18,20H2,1-4H3,(H,39,40). The van der Waals surface area contributed by atoms with Crippen LogP contribution in [0, 0.1) is 11.8 Å². The van der Waals surface area contributed by atoms with E-state index in [0.29, 0.717) is 22.4 Å². The number of anilines is 2. The Labute approximate surface area is 253 Å². The Kier molecular flexibility index (Phi) is 8.97. The van der Waals surface area contributed by atoms with E-state index in [2.05, 4.69) is 24.1 Å². The van der Waals surface area contributed by atoms with Gasteiger partial charge >= 0.3 is 5.97 Å². The summed E-state index contributed by atoms with van der Waals surface area (Å²) >= 11 is 6.24. The highest BCUT2D eigenvalue weighted by Gasteiger charge is 2.36. The normalized spacial score (nSPS) is 20.3. The van der Waals surface area contributed by atoms with Gasteiger partial charge in [0, 0.05) is 30.0 Å². The van der Waals surface area contributed by atoms with Crippen molar-refractivity contribution in [2.45, 2.75) is 58.1 Å². The van der Waals surface area contributed by atoms with Crippen LogP contribution in [0.3, 0.4) is 0 Å². The Balaban J connectivity index is 1.44. The molecule has 0 aromatic heterocycles. The molecule has 0 radical (unpaired) electrons. The minimum Gasteiger partial charge on any atom is -0.493 e. The Morgan fingerprint density at radius 3 is 2.29 bits per heavy atom. The summed E-state index contributed by atoms with van der Waals surface area (Å²) in [6.07, 6.45) is 3.55. The van der Waals surface area contributed by atoms with Gasteiger partial charge in [-0.15, -0.1) is 0 Å². The second kappa shape index (κ2) is 12.7. The van der Waals surface area contributed by atoms with Crippen LogP contribution < -0.4 is 19.3 Å². The number of carboxylic acids is 1. The van der Waals surface area contributed by atoms with Gasteiger partial charge in [-0.05, 0) is 111 Å². The van der Waals surface area contributed by atoms with Crippen molar-refractivity contribution in [1.29, 1.82) is 0 Å². The first kappa shape index (κ1) is 29.8. The van der Waals surface area contributed by atoms with Gasteiger partial charge in [-0.1, -0.05) is 23.7 Å². The molecule has 5 rings (SSSR count). The molecule has 1 aliphatic heterocycles. The number of hydrogen-bond donors (Lipinski definition) is 1. The first-order valence-electron chi connectivity index (χ1n) is 14.6. The molecule has 1 saturated carbocycles. The summed E-state index contributed by atoms with van der Waals surface area (Å²) in [7, 11) is 3.68. The molecule has 3 aromatic carbocycles. The van der Waals surface area contributed by atoms with E-state index in [1.807, 2.05) is 67.3 Å². The minimum absolute atomic E-state index is 0.00155. The van der Waals surface area contributed by atoms with E-state index in [0.717, 1.165) is 60.3 Å². The third kappa shape index (κ3) is 6.36. The first-order chi connectivity index (χ1) is 20.1. The number of methoxy groups -OCH3 is 1. The zero-order chi connectivity index (χ0) is 30.0. The molecule has 0 bridgehead atoms. The highest BCUT2D eigenvalue weighted by molar-refractivity contribution is 6.30. The summed E-state index contributed by atoms with van der Waals surface area (Å²) in [5.74, 6) is 0.848. The highest BCUT2D eigenvalue weighted by Crippen LogP contribution is 2.44. The van der Waals surface area contributed by atoms with E-state index in [1.165, 1.54) is 0 Å². The van der Waals surface area contributed by atoms with E-state index in [1.54, 1.807) is 7.11 Å². The van der Waals surface area contributed by atoms with E-state index in [-0.39, 0.29) is 30.4 Å². The predicted octanol–water partition coefficient (Wildman–Crippen LogP) is 7.14. The third-order valence-corrected chi connectivity index (χ3v) is 8.69. The van der Waals surface area contributed by atoms with Crippen molar-refractivity contribution in [1.82, 2.24) is 0 Å². The van der Waals surface area contributed by atoms with Crippen LogP contribution in [0.1, 0.15) is 62.3 Å². The van der Waals surface area contributed by atoms with Gasteiger partial charge in [0.15, 0.2) is 11.5 Å². The molecular weight excluding hydrogens is 552 g/mol. The number of aliphatic carboxylic acids is 1. The minimum atomic E-state index is -0.674. The third-order valence-electron chi connectivity index (χ3n) is 8.43. The lowest BCUT2D eigenvalue weighted by Crippen LogP contribution is -2.41. The molecule has 1 heterocycles. The largest absolute Gasteiger partial charge is 0.493 e. The molecule has 0 spiro atoms. The Morgan fingerprint density at radius 2 is 1.69 bits per heavy atom. The Morgan fingerprint density at radius 1 is 1.02 bits per heavy atom. The molecule has 7 nitrogen and oxygen atoms in total. The molecular formula is C34H39ClN2O5. The average Bonchev–Trinajstić information content (AvgIpc) is 2.97. The summed E-state index contributed by atoms with van der Waals surface area (Å²) in [5.41, 5.74) is 4.73. The van der Waals surface area contributed by atoms with Gasteiger partial charge in [-0.25, -0.2) is 0 Å². The van der Waals surface area contributed by atoms with Crippen molar-refractivity contribution >= 4 is 34.9 Å². The summed E-state index contributed by atoms with van der Waals surface area (Å²) in [6, 6.07) is 19.3. The van der Waals surface area contributed by atoms with Crippen molar-refractivity contribution in [3.8, 4) is 11.5 Å². The smallest absolute Gasteiger partial charge is 0.306 e. The molecule has 1 N–H and O–H groups in total. The van der Waals surface area contributed by atoms with Gasteiger partial charge in [-0.2, -0.15) is 0 Å². The van der Waals surface area contributed by atoms with Crippen LogP contribution >= 0.6 is 11.6 Å².